The first-order valence-corrected chi connectivity index (χ1v) is 9.94. The van der Waals surface area contributed by atoms with Crippen LogP contribution in [0.3, 0.4) is 0 Å². The van der Waals surface area contributed by atoms with Gasteiger partial charge in [-0.15, -0.1) is 0 Å². The second kappa shape index (κ2) is 6.73. The van der Waals surface area contributed by atoms with E-state index in [4.69, 9.17) is 4.42 Å². The van der Waals surface area contributed by atoms with E-state index < -0.39 is 15.8 Å². The van der Waals surface area contributed by atoms with Gasteiger partial charge in [0, 0.05) is 24.1 Å². The van der Waals surface area contributed by atoms with Gasteiger partial charge in [0.1, 0.15) is 17.2 Å². The van der Waals surface area contributed by atoms with Crippen LogP contribution in [0.5, 0.6) is 0 Å². The van der Waals surface area contributed by atoms with Crippen molar-refractivity contribution in [3.05, 3.63) is 42.3 Å². The van der Waals surface area contributed by atoms with Crippen LogP contribution in [-0.2, 0) is 16.6 Å². The third-order valence-electron chi connectivity index (χ3n) is 4.57. The number of fused-ring (bicyclic) bond motifs is 1. The van der Waals surface area contributed by atoms with Crippen molar-refractivity contribution >= 4 is 26.8 Å². The first-order chi connectivity index (χ1) is 12.5. The Morgan fingerprint density at radius 1 is 1.27 bits per heavy atom. The molecule has 9 heteroatoms. The Kier molecular flexibility index (Phi) is 4.41. The summed E-state index contributed by atoms with van der Waals surface area (Å²) in [5, 5.41) is 7.68. The normalized spacial score (nSPS) is 16.2. The molecule has 26 heavy (non-hydrogen) atoms. The number of rotatable bonds is 5. The lowest BCUT2D eigenvalue weighted by atomic mass is 9.98. The summed E-state index contributed by atoms with van der Waals surface area (Å²) in [7, 11) is -3.93. The van der Waals surface area contributed by atoms with E-state index >= 15 is 0 Å². The standard InChI is InChI=1S/C17H19FN4O3S/c18-14-1-2-15-13(9-14)10-17(25-15)26(23,24)21-16-5-8-20-22(16)11-12-3-6-19-7-4-12/h1-2,5,8-10,12,19,21H,3-4,6-7,11H2. The molecule has 0 bridgehead atoms. The number of aromatic nitrogens is 2. The van der Waals surface area contributed by atoms with Crippen LogP contribution in [0.1, 0.15) is 12.8 Å². The molecule has 2 aromatic heterocycles. The third-order valence-corrected chi connectivity index (χ3v) is 5.77. The molecule has 3 heterocycles. The molecule has 4 rings (SSSR count). The van der Waals surface area contributed by atoms with Crippen molar-refractivity contribution in [2.75, 3.05) is 17.8 Å². The molecule has 0 radical (unpaired) electrons. The highest BCUT2D eigenvalue weighted by atomic mass is 32.2. The molecule has 0 atom stereocenters. The van der Waals surface area contributed by atoms with Gasteiger partial charge in [0.25, 0.3) is 10.0 Å². The summed E-state index contributed by atoms with van der Waals surface area (Å²) < 4.78 is 48.1. The monoisotopic (exact) mass is 378 g/mol. The van der Waals surface area contributed by atoms with E-state index in [-0.39, 0.29) is 5.09 Å². The molecule has 138 valence electrons. The maximum absolute atomic E-state index is 13.3. The molecule has 0 aliphatic carbocycles. The Morgan fingerprint density at radius 3 is 2.88 bits per heavy atom. The Balaban J connectivity index is 1.56. The fourth-order valence-electron chi connectivity index (χ4n) is 3.18. The van der Waals surface area contributed by atoms with Gasteiger partial charge in [-0.2, -0.15) is 13.5 Å². The summed E-state index contributed by atoms with van der Waals surface area (Å²) in [6.45, 7) is 2.57. The van der Waals surface area contributed by atoms with Crippen molar-refractivity contribution in [3.8, 4) is 0 Å². The molecule has 0 saturated carbocycles. The quantitative estimate of drug-likeness (QED) is 0.712. The lowest BCUT2D eigenvalue weighted by Crippen LogP contribution is -2.30. The van der Waals surface area contributed by atoms with Crippen LogP contribution in [0.2, 0.25) is 0 Å². The lowest BCUT2D eigenvalue weighted by Gasteiger charge is -2.23. The highest BCUT2D eigenvalue weighted by Gasteiger charge is 2.23. The first-order valence-electron chi connectivity index (χ1n) is 8.46. The summed E-state index contributed by atoms with van der Waals surface area (Å²) >= 11 is 0. The van der Waals surface area contributed by atoms with Gasteiger partial charge >= 0.3 is 0 Å². The van der Waals surface area contributed by atoms with Crippen molar-refractivity contribution in [3.63, 3.8) is 0 Å². The van der Waals surface area contributed by atoms with E-state index in [0.29, 0.717) is 29.2 Å². The molecule has 1 aromatic carbocycles. The van der Waals surface area contributed by atoms with Gasteiger partial charge in [-0.3, -0.25) is 4.72 Å². The fourth-order valence-corrected chi connectivity index (χ4v) is 4.21. The zero-order valence-electron chi connectivity index (χ0n) is 14.0. The van der Waals surface area contributed by atoms with E-state index in [1.165, 1.54) is 24.3 Å². The van der Waals surface area contributed by atoms with Gasteiger partial charge in [-0.25, -0.2) is 9.07 Å². The van der Waals surface area contributed by atoms with E-state index in [0.717, 1.165) is 25.9 Å². The molecule has 0 unspecified atom stereocenters. The second-order valence-electron chi connectivity index (χ2n) is 6.45. The first kappa shape index (κ1) is 17.0. The molecular weight excluding hydrogens is 359 g/mol. The topological polar surface area (TPSA) is 89.2 Å². The lowest BCUT2D eigenvalue weighted by molar-refractivity contribution is 0.323. The molecule has 2 N–H and O–H groups in total. The Labute approximate surface area is 150 Å². The van der Waals surface area contributed by atoms with E-state index in [1.54, 1.807) is 16.9 Å². The van der Waals surface area contributed by atoms with Gasteiger partial charge in [-0.05, 0) is 50.0 Å². The number of nitrogens with zero attached hydrogens (tertiary/aromatic N) is 2. The maximum Gasteiger partial charge on any atom is 0.296 e. The largest absolute Gasteiger partial charge is 0.443 e. The summed E-state index contributed by atoms with van der Waals surface area (Å²) in [6, 6.07) is 6.79. The number of anilines is 1. The van der Waals surface area contributed by atoms with Crippen LogP contribution in [0.25, 0.3) is 11.0 Å². The van der Waals surface area contributed by atoms with E-state index in [1.807, 2.05) is 0 Å². The SMILES string of the molecule is O=S(=O)(Nc1ccnn1CC1CCNCC1)c1cc2cc(F)ccc2o1. The van der Waals surface area contributed by atoms with Crippen LogP contribution in [0.15, 0.2) is 46.0 Å². The second-order valence-corrected chi connectivity index (χ2v) is 8.06. The Bertz CT molecular complexity index is 1020. The summed E-state index contributed by atoms with van der Waals surface area (Å²) in [5.74, 6) is 0.388. The summed E-state index contributed by atoms with van der Waals surface area (Å²) in [5.41, 5.74) is 0.315. The minimum atomic E-state index is -3.93. The van der Waals surface area contributed by atoms with Gasteiger partial charge in [0.15, 0.2) is 0 Å². The van der Waals surface area contributed by atoms with Crippen molar-refractivity contribution in [2.45, 2.75) is 24.5 Å². The predicted molar refractivity (Wildman–Crippen MR) is 94.8 cm³/mol. The number of hydrogen-bond donors (Lipinski definition) is 2. The van der Waals surface area contributed by atoms with Crippen molar-refractivity contribution < 1.29 is 17.2 Å². The molecular formula is C17H19FN4O3S. The van der Waals surface area contributed by atoms with Crippen LogP contribution in [0.4, 0.5) is 10.2 Å². The molecule has 1 aliphatic heterocycles. The van der Waals surface area contributed by atoms with Crippen LogP contribution in [-0.4, -0.2) is 31.3 Å². The predicted octanol–water partition coefficient (Wildman–Crippen LogP) is 2.57. The van der Waals surface area contributed by atoms with Gasteiger partial charge in [0.2, 0.25) is 5.09 Å². The van der Waals surface area contributed by atoms with Gasteiger partial charge in [-0.1, -0.05) is 0 Å². The van der Waals surface area contributed by atoms with Gasteiger partial charge < -0.3 is 9.73 Å². The number of furan rings is 1. The Hall–Kier alpha value is -2.39. The number of hydrogen-bond acceptors (Lipinski definition) is 5. The number of benzene rings is 1. The van der Waals surface area contributed by atoms with Crippen molar-refractivity contribution in [2.24, 2.45) is 5.92 Å². The third kappa shape index (κ3) is 3.45. The van der Waals surface area contributed by atoms with Crippen molar-refractivity contribution in [1.29, 1.82) is 0 Å². The zero-order valence-corrected chi connectivity index (χ0v) is 14.8. The molecule has 1 aliphatic rings. The van der Waals surface area contributed by atoms with E-state index in [9.17, 15) is 12.8 Å². The number of nitrogens with one attached hydrogen (secondary N) is 2. The molecule has 3 aromatic rings. The van der Waals surface area contributed by atoms with Crippen LogP contribution >= 0.6 is 0 Å². The zero-order chi connectivity index (χ0) is 18.1. The molecule has 1 saturated heterocycles. The number of piperidine rings is 1. The fraction of sp³-hybridized carbons (Fsp3) is 0.353. The van der Waals surface area contributed by atoms with Gasteiger partial charge in [0.05, 0.1) is 6.20 Å². The summed E-state index contributed by atoms with van der Waals surface area (Å²) in [6.07, 6.45) is 3.62. The van der Waals surface area contributed by atoms with Crippen LogP contribution < -0.4 is 10.0 Å². The summed E-state index contributed by atoms with van der Waals surface area (Å²) in [4.78, 5) is 0. The minimum Gasteiger partial charge on any atom is -0.443 e. The smallest absolute Gasteiger partial charge is 0.296 e. The number of halogens is 1. The molecule has 0 spiro atoms. The average molecular weight is 378 g/mol. The van der Waals surface area contributed by atoms with Crippen molar-refractivity contribution in [1.82, 2.24) is 15.1 Å². The van der Waals surface area contributed by atoms with Crippen LogP contribution in [0, 0.1) is 11.7 Å². The highest BCUT2D eigenvalue weighted by Crippen LogP contribution is 2.25. The highest BCUT2D eigenvalue weighted by molar-refractivity contribution is 7.92. The molecule has 7 nitrogen and oxygen atoms in total. The molecule has 1 fully saturated rings. The minimum absolute atomic E-state index is 0.257. The average Bonchev–Trinajstić information content (AvgIpc) is 3.22. The van der Waals surface area contributed by atoms with E-state index in [2.05, 4.69) is 15.1 Å². The molecule has 0 amide bonds. The Morgan fingerprint density at radius 2 is 2.08 bits per heavy atom. The maximum atomic E-state index is 13.3. The number of sulfonamides is 1.